The van der Waals surface area contributed by atoms with Crippen molar-refractivity contribution in [3.05, 3.63) is 35.9 Å². The summed E-state index contributed by atoms with van der Waals surface area (Å²) in [5.41, 5.74) is 0.874. The molecule has 1 fully saturated rings. The molecule has 1 aromatic rings. The van der Waals surface area contributed by atoms with Gasteiger partial charge in [-0.1, -0.05) is 30.3 Å². The summed E-state index contributed by atoms with van der Waals surface area (Å²) in [5, 5.41) is 9.45. The summed E-state index contributed by atoms with van der Waals surface area (Å²) in [4.78, 5) is 13.6. The summed E-state index contributed by atoms with van der Waals surface area (Å²) in [6, 6.07) is 9.31. The molecule has 2 atom stereocenters. The highest BCUT2D eigenvalue weighted by Gasteiger charge is 2.32. The van der Waals surface area contributed by atoms with Gasteiger partial charge in [-0.15, -0.1) is 0 Å². The zero-order valence-electron chi connectivity index (χ0n) is 9.87. The smallest absolute Gasteiger partial charge is 0.325 e. The molecule has 0 saturated carbocycles. The van der Waals surface area contributed by atoms with Gasteiger partial charge < -0.3 is 5.11 Å². The van der Waals surface area contributed by atoms with E-state index in [0.29, 0.717) is 6.04 Å². The Morgan fingerprint density at radius 1 is 1.47 bits per heavy atom. The maximum atomic E-state index is 11.5. The van der Waals surface area contributed by atoms with E-state index in [1.807, 2.05) is 42.1 Å². The van der Waals surface area contributed by atoms with Gasteiger partial charge in [0.1, 0.15) is 6.04 Å². The molecule has 17 heavy (non-hydrogen) atoms. The first-order chi connectivity index (χ1) is 8.20. The van der Waals surface area contributed by atoms with Crippen molar-refractivity contribution in [3.8, 4) is 0 Å². The molecule has 92 valence electrons. The minimum atomic E-state index is -0.755. The first-order valence-corrected chi connectivity index (χ1v) is 6.97. The Kier molecular flexibility index (Phi) is 4.07. The molecule has 0 aliphatic carbocycles. The second kappa shape index (κ2) is 5.56. The van der Waals surface area contributed by atoms with Crippen LogP contribution in [0.15, 0.2) is 30.3 Å². The first-order valence-electron chi connectivity index (χ1n) is 5.81. The molecule has 0 amide bonds. The Bertz CT molecular complexity index is 382. The van der Waals surface area contributed by atoms with Crippen molar-refractivity contribution < 1.29 is 9.90 Å². The van der Waals surface area contributed by atoms with Crippen molar-refractivity contribution in [2.75, 3.05) is 18.1 Å². The van der Waals surface area contributed by atoms with Crippen LogP contribution in [0.1, 0.15) is 18.5 Å². The predicted molar refractivity (Wildman–Crippen MR) is 70.3 cm³/mol. The summed E-state index contributed by atoms with van der Waals surface area (Å²) in [6.07, 6.45) is 0. The third-order valence-corrected chi connectivity index (χ3v) is 4.29. The number of benzene rings is 1. The molecule has 0 aromatic heterocycles. The van der Waals surface area contributed by atoms with Crippen LogP contribution < -0.4 is 0 Å². The number of carbonyl (C=O) groups is 1. The molecule has 4 heteroatoms. The van der Waals surface area contributed by atoms with E-state index < -0.39 is 12.0 Å². The first kappa shape index (κ1) is 12.5. The Balaban J connectivity index is 2.26. The van der Waals surface area contributed by atoms with Crippen LogP contribution in [0.5, 0.6) is 0 Å². The van der Waals surface area contributed by atoms with Crippen LogP contribution in [-0.4, -0.2) is 40.1 Å². The number of carboxylic acids is 1. The van der Waals surface area contributed by atoms with Gasteiger partial charge in [-0.25, -0.2) is 0 Å². The van der Waals surface area contributed by atoms with Crippen molar-refractivity contribution in [1.29, 1.82) is 0 Å². The van der Waals surface area contributed by atoms with Gasteiger partial charge in [-0.2, -0.15) is 11.8 Å². The van der Waals surface area contributed by atoms with Crippen LogP contribution >= 0.6 is 11.8 Å². The summed E-state index contributed by atoms with van der Waals surface area (Å²) in [5.74, 6) is 1.27. The summed E-state index contributed by atoms with van der Waals surface area (Å²) >= 11 is 1.90. The number of aliphatic carboxylic acids is 1. The maximum Gasteiger partial charge on any atom is 0.325 e. The molecule has 1 saturated heterocycles. The van der Waals surface area contributed by atoms with Gasteiger partial charge in [0, 0.05) is 24.1 Å². The highest BCUT2D eigenvalue weighted by Crippen LogP contribution is 2.27. The highest BCUT2D eigenvalue weighted by atomic mass is 32.2. The molecule has 0 radical (unpaired) electrons. The van der Waals surface area contributed by atoms with Gasteiger partial charge in [-0.05, 0) is 12.5 Å². The van der Waals surface area contributed by atoms with E-state index in [2.05, 4.69) is 11.8 Å². The SMILES string of the molecule is CC1CSCCN1C(C(=O)O)c1ccccc1. The minimum Gasteiger partial charge on any atom is -0.480 e. The number of carboxylic acid groups (broad SMARTS) is 1. The van der Waals surface area contributed by atoms with Crippen LogP contribution in [0.4, 0.5) is 0 Å². The Morgan fingerprint density at radius 2 is 2.18 bits per heavy atom. The van der Waals surface area contributed by atoms with Gasteiger partial charge in [0.15, 0.2) is 0 Å². The lowest BCUT2D eigenvalue weighted by atomic mass is 10.0. The fourth-order valence-electron chi connectivity index (χ4n) is 2.23. The third kappa shape index (κ3) is 2.82. The average molecular weight is 251 g/mol. The zero-order valence-corrected chi connectivity index (χ0v) is 10.7. The number of hydrogen-bond donors (Lipinski definition) is 1. The van der Waals surface area contributed by atoms with E-state index in [9.17, 15) is 9.90 Å². The fraction of sp³-hybridized carbons (Fsp3) is 0.462. The Hall–Kier alpha value is -1.00. The van der Waals surface area contributed by atoms with Crippen LogP contribution in [0, 0.1) is 0 Å². The van der Waals surface area contributed by atoms with E-state index in [1.165, 1.54) is 0 Å². The lowest BCUT2D eigenvalue weighted by molar-refractivity contribution is -0.144. The van der Waals surface area contributed by atoms with Gasteiger partial charge in [0.05, 0.1) is 0 Å². The number of nitrogens with zero attached hydrogens (tertiary/aromatic N) is 1. The third-order valence-electron chi connectivity index (χ3n) is 3.10. The van der Waals surface area contributed by atoms with Gasteiger partial charge in [-0.3, -0.25) is 9.69 Å². The Morgan fingerprint density at radius 3 is 2.76 bits per heavy atom. The second-order valence-electron chi connectivity index (χ2n) is 4.31. The molecular formula is C13H17NO2S. The van der Waals surface area contributed by atoms with Crippen LogP contribution in [-0.2, 0) is 4.79 Å². The normalized spacial score (nSPS) is 23.2. The van der Waals surface area contributed by atoms with Gasteiger partial charge >= 0.3 is 5.97 Å². The van der Waals surface area contributed by atoms with Gasteiger partial charge in [0.2, 0.25) is 0 Å². The van der Waals surface area contributed by atoms with Crippen molar-refractivity contribution in [3.63, 3.8) is 0 Å². The second-order valence-corrected chi connectivity index (χ2v) is 5.46. The molecule has 2 unspecified atom stereocenters. The standard InChI is InChI=1S/C13H17NO2S/c1-10-9-17-8-7-14(10)12(13(15)16)11-5-3-2-4-6-11/h2-6,10,12H,7-9H2,1H3,(H,15,16). The summed E-state index contributed by atoms with van der Waals surface area (Å²) in [7, 11) is 0. The molecule has 1 aliphatic heterocycles. The highest BCUT2D eigenvalue weighted by molar-refractivity contribution is 7.99. The molecule has 0 spiro atoms. The molecule has 1 heterocycles. The number of hydrogen-bond acceptors (Lipinski definition) is 3. The molecule has 1 aromatic carbocycles. The van der Waals surface area contributed by atoms with E-state index in [4.69, 9.17) is 0 Å². The monoisotopic (exact) mass is 251 g/mol. The van der Waals surface area contributed by atoms with E-state index >= 15 is 0 Å². The van der Waals surface area contributed by atoms with E-state index in [0.717, 1.165) is 23.6 Å². The fourth-order valence-corrected chi connectivity index (χ4v) is 3.27. The van der Waals surface area contributed by atoms with Crippen LogP contribution in [0.25, 0.3) is 0 Å². The summed E-state index contributed by atoms with van der Waals surface area (Å²) in [6.45, 7) is 2.95. The van der Waals surface area contributed by atoms with Crippen molar-refractivity contribution in [2.45, 2.75) is 19.0 Å². The van der Waals surface area contributed by atoms with Crippen molar-refractivity contribution in [1.82, 2.24) is 4.90 Å². The molecule has 1 aliphatic rings. The minimum absolute atomic E-state index is 0.315. The molecule has 0 bridgehead atoms. The lowest BCUT2D eigenvalue weighted by Gasteiger charge is -2.37. The van der Waals surface area contributed by atoms with Crippen molar-refractivity contribution in [2.24, 2.45) is 0 Å². The van der Waals surface area contributed by atoms with E-state index in [-0.39, 0.29) is 0 Å². The predicted octanol–water partition coefficient (Wildman–Crippen LogP) is 2.25. The van der Waals surface area contributed by atoms with Crippen LogP contribution in [0.3, 0.4) is 0 Å². The van der Waals surface area contributed by atoms with Crippen molar-refractivity contribution >= 4 is 17.7 Å². The lowest BCUT2D eigenvalue weighted by Crippen LogP contribution is -2.45. The van der Waals surface area contributed by atoms with Gasteiger partial charge in [0.25, 0.3) is 0 Å². The molecule has 3 nitrogen and oxygen atoms in total. The number of rotatable bonds is 3. The quantitative estimate of drug-likeness (QED) is 0.894. The average Bonchev–Trinajstić information content (AvgIpc) is 2.33. The zero-order chi connectivity index (χ0) is 12.3. The van der Waals surface area contributed by atoms with Crippen LogP contribution in [0.2, 0.25) is 0 Å². The molecule has 2 rings (SSSR count). The topological polar surface area (TPSA) is 40.5 Å². The largest absolute Gasteiger partial charge is 0.480 e. The Labute approximate surface area is 106 Å². The molecule has 1 N–H and O–H groups in total. The number of thioether (sulfide) groups is 1. The maximum absolute atomic E-state index is 11.5. The molecular weight excluding hydrogens is 234 g/mol. The van der Waals surface area contributed by atoms with E-state index in [1.54, 1.807) is 0 Å². The summed E-state index contributed by atoms with van der Waals surface area (Å²) < 4.78 is 0.